The van der Waals surface area contributed by atoms with Gasteiger partial charge >= 0.3 is 0 Å². The summed E-state index contributed by atoms with van der Waals surface area (Å²) in [5.41, 5.74) is 3.66. The van der Waals surface area contributed by atoms with E-state index in [1.807, 2.05) is 6.07 Å². The minimum atomic E-state index is 0.179. The third-order valence-electron chi connectivity index (χ3n) is 3.55. The molecule has 2 aromatic carbocycles. The zero-order valence-electron chi connectivity index (χ0n) is 12.9. The van der Waals surface area contributed by atoms with Crippen LogP contribution in [-0.4, -0.2) is 12.2 Å². The van der Waals surface area contributed by atoms with Crippen LogP contribution in [0, 0.1) is 0 Å². The normalized spacial score (nSPS) is 10.9. The highest BCUT2D eigenvalue weighted by Crippen LogP contribution is 2.26. The first-order valence-corrected chi connectivity index (χ1v) is 7.25. The minimum Gasteiger partial charge on any atom is -0.504 e. The molecule has 0 fully saturated rings. The fraction of sp³-hybridized carbons (Fsp3) is 0.333. The van der Waals surface area contributed by atoms with Crippen molar-refractivity contribution in [1.29, 1.82) is 0 Å². The van der Waals surface area contributed by atoms with Gasteiger partial charge in [0.15, 0.2) is 11.5 Å². The molecule has 0 amide bonds. The molecule has 0 saturated carbocycles. The Bertz CT molecular complexity index is 576. The van der Waals surface area contributed by atoms with Crippen molar-refractivity contribution < 1.29 is 9.84 Å². The van der Waals surface area contributed by atoms with Crippen LogP contribution in [0.4, 0.5) is 0 Å². The van der Waals surface area contributed by atoms with Crippen LogP contribution in [0.3, 0.4) is 0 Å². The van der Waals surface area contributed by atoms with Gasteiger partial charge in [0.2, 0.25) is 0 Å². The van der Waals surface area contributed by atoms with Crippen LogP contribution in [0.2, 0.25) is 0 Å². The molecule has 2 rings (SSSR count). The van der Waals surface area contributed by atoms with Crippen LogP contribution >= 0.6 is 0 Å². The predicted molar refractivity (Wildman–Crippen MR) is 85.7 cm³/mol. The molecule has 0 atom stereocenters. The fourth-order valence-electron chi connectivity index (χ4n) is 2.22. The van der Waals surface area contributed by atoms with Crippen molar-refractivity contribution in [2.45, 2.75) is 32.9 Å². The largest absolute Gasteiger partial charge is 0.504 e. The smallest absolute Gasteiger partial charge is 0.160 e. The van der Waals surface area contributed by atoms with Crippen molar-refractivity contribution in [3.63, 3.8) is 0 Å². The fourth-order valence-corrected chi connectivity index (χ4v) is 2.22. The molecule has 112 valence electrons. The van der Waals surface area contributed by atoms with Gasteiger partial charge < -0.3 is 15.2 Å². The zero-order chi connectivity index (χ0) is 15.2. The summed E-state index contributed by atoms with van der Waals surface area (Å²) in [5.74, 6) is 1.25. The maximum absolute atomic E-state index is 9.74. The van der Waals surface area contributed by atoms with Gasteiger partial charge in [0.05, 0.1) is 7.11 Å². The number of benzene rings is 2. The zero-order valence-corrected chi connectivity index (χ0v) is 12.9. The number of hydrogen-bond donors (Lipinski definition) is 2. The topological polar surface area (TPSA) is 41.5 Å². The van der Waals surface area contributed by atoms with Crippen molar-refractivity contribution in [3.8, 4) is 11.5 Å². The van der Waals surface area contributed by atoms with Gasteiger partial charge in [-0.05, 0) is 34.7 Å². The number of rotatable bonds is 6. The Morgan fingerprint density at radius 3 is 2.19 bits per heavy atom. The van der Waals surface area contributed by atoms with Crippen LogP contribution in [0.15, 0.2) is 42.5 Å². The van der Waals surface area contributed by atoms with Crippen molar-refractivity contribution in [2.24, 2.45) is 0 Å². The van der Waals surface area contributed by atoms with E-state index in [2.05, 4.69) is 43.4 Å². The summed E-state index contributed by atoms with van der Waals surface area (Å²) in [7, 11) is 1.55. The maximum atomic E-state index is 9.74. The lowest BCUT2D eigenvalue weighted by Crippen LogP contribution is -2.12. The van der Waals surface area contributed by atoms with Crippen molar-refractivity contribution in [2.75, 3.05) is 7.11 Å². The summed E-state index contributed by atoms with van der Waals surface area (Å²) in [6.07, 6.45) is 0. The lowest BCUT2D eigenvalue weighted by molar-refractivity contribution is 0.373. The molecule has 0 aliphatic heterocycles. The van der Waals surface area contributed by atoms with E-state index in [0.717, 1.165) is 12.1 Å². The molecule has 21 heavy (non-hydrogen) atoms. The van der Waals surface area contributed by atoms with E-state index >= 15 is 0 Å². The first-order valence-electron chi connectivity index (χ1n) is 7.25. The Labute approximate surface area is 126 Å². The van der Waals surface area contributed by atoms with Crippen LogP contribution in [0.25, 0.3) is 0 Å². The highest BCUT2D eigenvalue weighted by molar-refractivity contribution is 5.41. The molecule has 0 heterocycles. The Balaban J connectivity index is 1.87. The van der Waals surface area contributed by atoms with Crippen LogP contribution in [0.1, 0.15) is 36.5 Å². The first kappa shape index (κ1) is 15.4. The molecule has 0 aliphatic carbocycles. The lowest BCUT2D eigenvalue weighted by atomic mass is 10.0. The quantitative estimate of drug-likeness (QED) is 0.848. The van der Waals surface area contributed by atoms with Gasteiger partial charge in [0.25, 0.3) is 0 Å². The number of phenols is 1. The molecule has 0 bridgehead atoms. The Hall–Kier alpha value is -2.00. The first-order chi connectivity index (χ1) is 10.1. The number of aromatic hydroxyl groups is 1. The molecule has 2 aromatic rings. The van der Waals surface area contributed by atoms with E-state index in [1.165, 1.54) is 11.1 Å². The third-order valence-corrected chi connectivity index (χ3v) is 3.55. The van der Waals surface area contributed by atoms with Crippen LogP contribution in [0.5, 0.6) is 11.5 Å². The van der Waals surface area contributed by atoms with E-state index in [1.54, 1.807) is 19.2 Å². The summed E-state index contributed by atoms with van der Waals surface area (Å²) in [4.78, 5) is 0. The van der Waals surface area contributed by atoms with Gasteiger partial charge in [0, 0.05) is 13.1 Å². The standard InChI is InChI=1S/C18H23NO2/c1-13(2)16-7-4-14(5-8-16)11-19-12-15-6-9-18(21-3)17(20)10-15/h4-10,13,19-20H,11-12H2,1-3H3. The lowest BCUT2D eigenvalue weighted by Gasteiger charge is -2.09. The molecule has 0 radical (unpaired) electrons. The van der Waals surface area contributed by atoms with Gasteiger partial charge in [-0.3, -0.25) is 0 Å². The summed E-state index contributed by atoms with van der Waals surface area (Å²) in [6.45, 7) is 5.92. The van der Waals surface area contributed by atoms with Gasteiger partial charge in [-0.2, -0.15) is 0 Å². The molecule has 0 unspecified atom stereocenters. The predicted octanol–water partition coefficient (Wildman–Crippen LogP) is 3.81. The van der Waals surface area contributed by atoms with E-state index < -0.39 is 0 Å². The maximum Gasteiger partial charge on any atom is 0.160 e. The molecular formula is C18H23NO2. The summed E-state index contributed by atoms with van der Waals surface area (Å²) in [6, 6.07) is 14.1. The van der Waals surface area contributed by atoms with E-state index in [9.17, 15) is 5.11 Å². The number of phenolic OH excluding ortho intramolecular Hbond substituents is 1. The second kappa shape index (κ2) is 7.14. The Morgan fingerprint density at radius 2 is 1.62 bits per heavy atom. The summed E-state index contributed by atoms with van der Waals surface area (Å²) < 4.78 is 5.03. The summed E-state index contributed by atoms with van der Waals surface area (Å²) in [5, 5.41) is 13.1. The van der Waals surface area contributed by atoms with Crippen molar-refractivity contribution >= 4 is 0 Å². The SMILES string of the molecule is COc1ccc(CNCc2ccc(C(C)C)cc2)cc1O. The van der Waals surface area contributed by atoms with Crippen molar-refractivity contribution in [1.82, 2.24) is 5.32 Å². The highest BCUT2D eigenvalue weighted by atomic mass is 16.5. The van der Waals surface area contributed by atoms with Gasteiger partial charge in [-0.25, -0.2) is 0 Å². The molecule has 0 saturated heterocycles. The van der Waals surface area contributed by atoms with Gasteiger partial charge in [-0.1, -0.05) is 44.2 Å². The monoisotopic (exact) mass is 285 g/mol. The minimum absolute atomic E-state index is 0.179. The molecule has 0 spiro atoms. The highest BCUT2D eigenvalue weighted by Gasteiger charge is 2.03. The molecule has 0 aromatic heterocycles. The Kier molecular flexibility index (Phi) is 5.23. The molecule has 3 nitrogen and oxygen atoms in total. The summed E-state index contributed by atoms with van der Waals surface area (Å²) >= 11 is 0. The van der Waals surface area contributed by atoms with Crippen LogP contribution in [-0.2, 0) is 13.1 Å². The third kappa shape index (κ3) is 4.23. The molecule has 2 N–H and O–H groups in total. The second-order valence-electron chi connectivity index (χ2n) is 5.51. The second-order valence-corrected chi connectivity index (χ2v) is 5.51. The molecule has 3 heteroatoms. The average molecular weight is 285 g/mol. The van der Waals surface area contributed by atoms with E-state index in [-0.39, 0.29) is 5.75 Å². The van der Waals surface area contributed by atoms with E-state index in [4.69, 9.17) is 4.74 Å². The number of nitrogens with one attached hydrogen (secondary N) is 1. The molecule has 0 aliphatic rings. The number of methoxy groups -OCH3 is 1. The Morgan fingerprint density at radius 1 is 1.00 bits per heavy atom. The number of hydrogen-bond acceptors (Lipinski definition) is 3. The average Bonchev–Trinajstić information content (AvgIpc) is 2.48. The van der Waals surface area contributed by atoms with Gasteiger partial charge in [-0.15, -0.1) is 0 Å². The van der Waals surface area contributed by atoms with E-state index in [0.29, 0.717) is 18.2 Å². The van der Waals surface area contributed by atoms with Crippen molar-refractivity contribution in [3.05, 3.63) is 59.2 Å². The van der Waals surface area contributed by atoms with Gasteiger partial charge in [0.1, 0.15) is 0 Å². The number of ether oxygens (including phenoxy) is 1. The molecular weight excluding hydrogens is 262 g/mol. The van der Waals surface area contributed by atoms with Crippen LogP contribution < -0.4 is 10.1 Å².